The summed E-state index contributed by atoms with van der Waals surface area (Å²) >= 11 is 0. The number of likely N-dealkylation sites (N-methyl/N-ethyl adjacent to an activating group) is 1. The van der Waals surface area contributed by atoms with E-state index in [0.29, 0.717) is 32.8 Å². The summed E-state index contributed by atoms with van der Waals surface area (Å²) in [5, 5.41) is 0. The molecule has 0 spiro atoms. The fourth-order valence-electron chi connectivity index (χ4n) is 4.97. The number of esters is 1. The number of amides is 1. The number of benzene rings is 2. The molecule has 208 valence electrons. The second-order valence-electron chi connectivity index (χ2n) is 10.1. The van der Waals surface area contributed by atoms with Crippen LogP contribution in [0.2, 0.25) is 0 Å². The second-order valence-corrected chi connectivity index (χ2v) is 10.1. The molecule has 0 fully saturated rings. The zero-order valence-corrected chi connectivity index (χ0v) is 23.3. The second kappa shape index (κ2) is 16.9. The number of hydrogen-bond acceptors (Lipinski definition) is 5. The predicted octanol–water partition coefficient (Wildman–Crippen LogP) is 7.35. The molecule has 6 nitrogen and oxygen atoms in total. The monoisotopic (exact) mass is 523 g/mol. The fourth-order valence-corrected chi connectivity index (χ4v) is 4.97. The molecular formula is C32H45NO5. The summed E-state index contributed by atoms with van der Waals surface area (Å²) in [6.07, 6.45) is 11.1. The summed E-state index contributed by atoms with van der Waals surface area (Å²) < 4.78 is 16.5. The van der Waals surface area contributed by atoms with E-state index < -0.39 is 0 Å². The van der Waals surface area contributed by atoms with E-state index in [9.17, 15) is 9.59 Å². The number of hydrogen-bond donors (Lipinski definition) is 0. The van der Waals surface area contributed by atoms with Gasteiger partial charge in [0.15, 0.2) is 0 Å². The van der Waals surface area contributed by atoms with Crippen LogP contribution < -0.4 is 0 Å². The summed E-state index contributed by atoms with van der Waals surface area (Å²) in [5.41, 5.74) is 4.80. The largest absolute Gasteiger partial charge is 0.463 e. The van der Waals surface area contributed by atoms with Crippen LogP contribution in [0.4, 0.5) is 4.79 Å². The van der Waals surface area contributed by atoms with Crippen LogP contribution in [0.25, 0.3) is 11.1 Å². The van der Waals surface area contributed by atoms with E-state index in [-0.39, 0.29) is 24.6 Å². The van der Waals surface area contributed by atoms with Crippen molar-refractivity contribution < 1.29 is 23.8 Å². The first-order valence-corrected chi connectivity index (χ1v) is 14.4. The predicted molar refractivity (Wildman–Crippen MR) is 151 cm³/mol. The van der Waals surface area contributed by atoms with Crippen molar-refractivity contribution in [1.82, 2.24) is 4.90 Å². The number of carbonyl (C=O) groups excluding carboxylic acids is 2. The Bertz CT molecular complexity index is 946. The van der Waals surface area contributed by atoms with Crippen molar-refractivity contribution in [3.63, 3.8) is 0 Å². The molecule has 6 heteroatoms. The normalized spacial score (nSPS) is 12.2. The van der Waals surface area contributed by atoms with Crippen molar-refractivity contribution in [1.29, 1.82) is 0 Å². The molecule has 38 heavy (non-hydrogen) atoms. The standard InChI is InChI=1S/C32H45NO5/c1-3-4-5-6-7-8-9-10-11-20-31(34)37-24-23-36-22-21-33(2)32(35)38-25-30-28-18-14-12-16-26(28)27-17-13-15-19-29(27)30/h12-19,30H,3-11,20-25H2,1-2H3. The molecular weight excluding hydrogens is 478 g/mol. The Morgan fingerprint density at radius 3 is 1.95 bits per heavy atom. The molecule has 0 saturated heterocycles. The maximum Gasteiger partial charge on any atom is 0.409 e. The van der Waals surface area contributed by atoms with Gasteiger partial charge in [0.05, 0.1) is 13.2 Å². The summed E-state index contributed by atoms with van der Waals surface area (Å²) in [4.78, 5) is 25.9. The first-order valence-electron chi connectivity index (χ1n) is 14.4. The number of rotatable bonds is 18. The van der Waals surface area contributed by atoms with E-state index in [1.807, 2.05) is 24.3 Å². The SMILES string of the molecule is CCCCCCCCCCCC(=O)OCCOCCN(C)C(=O)OCC1c2ccccc2-c2ccccc21. The molecule has 2 aromatic rings. The zero-order valence-electron chi connectivity index (χ0n) is 23.3. The third-order valence-corrected chi connectivity index (χ3v) is 7.19. The smallest absolute Gasteiger partial charge is 0.409 e. The van der Waals surface area contributed by atoms with E-state index >= 15 is 0 Å². The minimum atomic E-state index is -0.372. The number of fused-ring (bicyclic) bond motifs is 3. The van der Waals surface area contributed by atoms with Gasteiger partial charge in [-0.3, -0.25) is 4.79 Å². The first-order chi connectivity index (χ1) is 18.6. The van der Waals surface area contributed by atoms with E-state index in [4.69, 9.17) is 14.2 Å². The van der Waals surface area contributed by atoms with Crippen molar-refractivity contribution in [2.24, 2.45) is 0 Å². The Hall–Kier alpha value is -2.86. The van der Waals surface area contributed by atoms with Crippen LogP contribution in [0, 0.1) is 0 Å². The number of carbonyl (C=O) groups is 2. The summed E-state index contributed by atoms with van der Waals surface area (Å²) in [5.74, 6) is -0.117. The molecule has 0 unspecified atom stereocenters. The molecule has 0 N–H and O–H groups in total. The van der Waals surface area contributed by atoms with Crippen molar-refractivity contribution in [2.45, 2.75) is 77.0 Å². The molecule has 2 aromatic carbocycles. The highest BCUT2D eigenvalue weighted by Gasteiger charge is 2.29. The molecule has 3 rings (SSSR count). The third-order valence-electron chi connectivity index (χ3n) is 7.19. The van der Waals surface area contributed by atoms with Crippen LogP contribution in [0.1, 0.15) is 88.2 Å². The molecule has 0 radical (unpaired) electrons. The third kappa shape index (κ3) is 9.46. The lowest BCUT2D eigenvalue weighted by molar-refractivity contribution is -0.145. The Labute approximate surface area is 228 Å². The van der Waals surface area contributed by atoms with Gasteiger partial charge in [-0.05, 0) is 28.7 Å². The maximum atomic E-state index is 12.5. The van der Waals surface area contributed by atoms with Crippen LogP contribution in [0.5, 0.6) is 0 Å². The van der Waals surface area contributed by atoms with Gasteiger partial charge < -0.3 is 19.1 Å². The molecule has 0 bridgehead atoms. The quantitative estimate of drug-likeness (QED) is 0.151. The number of unbranched alkanes of at least 4 members (excludes halogenated alkanes) is 8. The molecule has 0 atom stereocenters. The number of nitrogens with zero attached hydrogens (tertiary/aromatic N) is 1. The van der Waals surface area contributed by atoms with Gasteiger partial charge in [0, 0.05) is 25.9 Å². The van der Waals surface area contributed by atoms with Crippen LogP contribution in [0.3, 0.4) is 0 Å². The molecule has 1 aliphatic carbocycles. The Balaban J connectivity index is 1.21. The van der Waals surface area contributed by atoms with Gasteiger partial charge in [0.25, 0.3) is 0 Å². The average molecular weight is 524 g/mol. The molecule has 0 aromatic heterocycles. The van der Waals surface area contributed by atoms with Gasteiger partial charge >= 0.3 is 12.1 Å². The summed E-state index contributed by atoms with van der Waals surface area (Å²) in [6, 6.07) is 16.6. The summed E-state index contributed by atoms with van der Waals surface area (Å²) in [6.45, 7) is 3.86. The van der Waals surface area contributed by atoms with E-state index in [1.165, 1.54) is 72.1 Å². The van der Waals surface area contributed by atoms with Crippen LogP contribution in [-0.2, 0) is 19.0 Å². The van der Waals surface area contributed by atoms with Crippen molar-refractivity contribution >= 4 is 12.1 Å². The molecule has 0 aliphatic heterocycles. The lowest BCUT2D eigenvalue weighted by Gasteiger charge is -2.19. The average Bonchev–Trinajstić information content (AvgIpc) is 3.26. The summed E-state index contributed by atoms with van der Waals surface area (Å²) in [7, 11) is 1.70. The van der Waals surface area contributed by atoms with Gasteiger partial charge in [-0.1, -0.05) is 107 Å². The minimum Gasteiger partial charge on any atom is -0.463 e. The lowest BCUT2D eigenvalue weighted by Crippen LogP contribution is -2.32. The van der Waals surface area contributed by atoms with Gasteiger partial charge in [-0.15, -0.1) is 0 Å². The highest BCUT2D eigenvalue weighted by molar-refractivity contribution is 5.79. The van der Waals surface area contributed by atoms with E-state index in [2.05, 4.69) is 31.2 Å². The van der Waals surface area contributed by atoms with E-state index in [1.54, 1.807) is 7.05 Å². The molecule has 0 heterocycles. The van der Waals surface area contributed by atoms with Crippen LogP contribution in [-0.4, -0.2) is 57.0 Å². The van der Waals surface area contributed by atoms with Crippen molar-refractivity contribution in [3.8, 4) is 11.1 Å². The number of ether oxygens (including phenoxy) is 3. The Morgan fingerprint density at radius 2 is 1.32 bits per heavy atom. The zero-order chi connectivity index (χ0) is 27.0. The van der Waals surface area contributed by atoms with Crippen LogP contribution >= 0.6 is 0 Å². The topological polar surface area (TPSA) is 65.1 Å². The fraction of sp³-hybridized carbons (Fsp3) is 0.562. The maximum absolute atomic E-state index is 12.5. The molecule has 0 saturated carbocycles. The van der Waals surface area contributed by atoms with Crippen LogP contribution in [0.15, 0.2) is 48.5 Å². The van der Waals surface area contributed by atoms with Crippen molar-refractivity contribution in [3.05, 3.63) is 59.7 Å². The Morgan fingerprint density at radius 1 is 0.737 bits per heavy atom. The lowest BCUT2D eigenvalue weighted by atomic mass is 9.98. The molecule has 1 aliphatic rings. The van der Waals surface area contributed by atoms with E-state index in [0.717, 1.165) is 12.8 Å². The minimum absolute atomic E-state index is 0.0428. The van der Waals surface area contributed by atoms with Gasteiger partial charge in [0.2, 0.25) is 0 Å². The van der Waals surface area contributed by atoms with Crippen molar-refractivity contribution in [2.75, 3.05) is 40.0 Å². The first kappa shape index (κ1) is 29.7. The highest BCUT2D eigenvalue weighted by Crippen LogP contribution is 2.44. The van der Waals surface area contributed by atoms with Gasteiger partial charge in [0.1, 0.15) is 13.2 Å². The van der Waals surface area contributed by atoms with Gasteiger partial charge in [-0.2, -0.15) is 0 Å². The highest BCUT2D eigenvalue weighted by atomic mass is 16.6. The molecule has 1 amide bonds. The van der Waals surface area contributed by atoms with Gasteiger partial charge in [-0.25, -0.2) is 4.79 Å². The Kier molecular flexibility index (Phi) is 13.2.